The van der Waals surface area contributed by atoms with Crippen molar-refractivity contribution in [2.75, 3.05) is 6.61 Å². The van der Waals surface area contributed by atoms with Crippen molar-refractivity contribution in [3.05, 3.63) is 35.4 Å². The van der Waals surface area contributed by atoms with Crippen LogP contribution in [0, 0.1) is 11.6 Å². The summed E-state index contributed by atoms with van der Waals surface area (Å²) in [5.74, 6) is -2.59. The Balaban J connectivity index is 2.51. The summed E-state index contributed by atoms with van der Waals surface area (Å²) in [4.78, 5) is 11.8. The fourth-order valence-electron chi connectivity index (χ4n) is 1.52. The maximum atomic E-state index is 13.3. The third-order valence-electron chi connectivity index (χ3n) is 2.54. The number of carbonyl (C=O) groups excluding carboxylic acids is 1. The zero-order valence-corrected chi connectivity index (χ0v) is 10.6. The topological polar surface area (TPSA) is 26.3 Å². The minimum atomic E-state index is -4.28. The van der Waals surface area contributed by atoms with E-state index in [4.69, 9.17) is 4.74 Å². The van der Waals surface area contributed by atoms with Crippen molar-refractivity contribution in [2.24, 2.45) is 0 Å². The van der Waals surface area contributed by atoms with Gasteiger partial charge in [-0.2, -0.15) is 13.2 Å². The maximum Gasteiger partial charge on any atom is 0.389 e. The molecule has 7 heteroatoms. The van der Waals surface area contributed by atoms with Crippen LogP contribution in [-0.2, 0) is 4.74 Å². The van der Waals surface area contributed by atoms with Crippen LogP contribution in [0.2, 0.25) is 0 Å². The largest absolute Gasteiger partial charge is 0.389 e. The molecule has 0 N–H and O–H groups in total. The van der Waals surface area contributed by atoms with Crippen LogP contribution in [0.3, 0.4) is 0 Å². The van der Waals surface area contributed by atoms with Crippen LogP contribution >= 0.6 is 0 Å². The molecule has 20 heavy (non-hydrogen) atoms. The van der Waals surface area contributed by atoms with Gasteiger partial charge in [0.2, 0.25) is 0 Å². The molecule has 1 unspecified atom stereocenters. The van der Waals surface area contributed by atoms with Gasteiger partial charge in [0.05, 0.1) is 5.56 Å². The average Bonchev–Trinajstić information content (AvgIpc) is 2.32. The highest BCUT2D eigenvalue weighted by Gasteiger charge is 2.26. The van der Waals surface area contributed by atoms with Crippen molar-refractivity contribution in [2.45, 2.75) is 32.0 Å². The molecule has 0 aliphatic heterocycles. The highest BCUT2D eigenvalue weighted by atomic mass is 19.4. The molecule has 0 amide bonds. The number of hydrogen-bond donors (Lipinski definition) is 0. The van der Waals surface area contributed by atoms with Gasteiger partial charge in [-0.15, -0.1) is 0 Å². The van der Waals surface area contributed by atoms with E-state index in [1.165, 1.54) is 6.92 Å². The lowest BCUT2D eigenvalue weighted by Gasteiger charge is -2.13. The van der Waals surface area contributed by atoms with Crippen molar-refractivity contribution in [3.63, 3.8) is 0 Å². The fraction of sp³-hybridized carbons (Fsp3) is 0.462. The first-order valence-corrected chi connectivity index (χ1v) is 5.88. The van der Waals surface area contributed by atoms with Gasteiger partial charge in [-0.25, -0.2) is 8.78 Å². The number of carbonyl (C=O) groups is 1. The normalized spacial score (nSPS) is 13.3. The molecule has 0 fully saturated rings. The summed E-state index contributed by atoms with van der Waals surface area (Å²) in [6, 6.07) is 2.46. The summed E-state index contributed by atoms with van der Waals surface area (Å²) < 4.78 is 66.6. The summed E-state index contributed by atoms with van der Waals surface area (Å²) in [6.07, 6.45) is -6.67. The monoisotopic (exact) mass is 296 g/mol. The molecule has 1 aromatic carbocycles. The molecule has 0 saturated carbocycles. The molecule has 1 rings (SSSR count). The number of ketones is 1. The van der Waals surface area contributed by atoms with Gasteiger partial charge in [0, 0.05) is 19.1 Å². The van der Waals surface area contributed by atoms with E-state index < -0.39 is 36.1 Å². The number of hydrogen-bond acceptors (Lipinski definition) is 2. The smallest absolute Gasteiger partial charge is 0.370 e. The molecular weight excluding hydrogens is 283 g/mol. The molecule has 0 aliphatic rings. The Kier molecular flexibility index (Phi) is 5.62. The van der Waals surface area contributed by atoms with Gasteiger partial charge < -0.3 is 4.74 Å². The van der Waals surface area contributed by atoms with E-state index in [9.17, 15) is 26.7 Å². The van der Waals surface area contributed by atoms with E-state index >= 15 is 0 Å². The number of alkyl halides is 3. The Morgan fingerprint density at radius 1 is 1.30 bits per heavy atom. The summed E-state index contributed by atoms with van der Waals surface area (Å²) in [5.41, 5.74) is -0.352. The van der Waals surface area contributed by atoms with E-state index in [2.05, 4.69) is 0 Å². The molecule has 0 saturated heterocycles. The Morgan fingerprint density at radius 2 is 1.95 bits per heavy atom. The van der Waals surface area contributed by atoms with Crippen molar-refractivity contribution < 1.29 is 31.5 Å². The second-order valence-corrected chi connectivity index (χ2v) is 4.22. The number of rotatable bonds is 6. The van der Waals surface area contributed by atoms with Crippen LogP contribution < -0.4 is 0 Å². The lowest BCUT2D eigenvalue weighted by Crippen LogP contribution is -2.23. The van der Waals surface area contributed by atoms with E-state index in [0.717, 1.165) is 12.1 Å². The van der Waals surface area contributed by atoms with Crippen molar-refractivity contribution in [1.29, 1.82) is 0 Å². The summed E-state index contributed by atoms with van der Waals surface area (Å²) >= 11 is 0. The van der Waals surface area contributed by atoms with E-state index in [1.54, 1.807) is 0 Å². The fourth-order valence-corrected chi connectivity index (χ4v) is 1.52. The van der Waals surface area contributed by atoms with E-state index in [-0.39, 0.29) is 18.6 Å². The molecule has 0 heterocycles. The number of ether oxygens (including phenoxy) is 1. The van der Waals surface area contributed by atoms with E-state index in [0.29, 0.717) is 6.07 Å². The predicted molar refractivity (Wildman–Crippen MR) is 61.4 cm³/mol. The Hall–Kier alpha value is -1.50. The molecule has 1 aromatic rings. The highest BCUT2D eigenvalue weighted by molar-refractivity contribution is 5.99. The minimum Gasteiger partial charge on any atom is -0.370 e. The second-order valence-electron chi connectivity index (χ2n) is 4.22. The van der Waals surface area contributed by atoms with Gasteiger partial charge in [-0.05, 0) is 25.5 Å². The van der Waals surface area contributed by atoms with Crippen LogP contribution in [0.15, 0.2) is 18.2 Å². The zero-order valence-electron chi connectivity index (χ0n) is 10.6. The summed E-state index contributed by atoms with van der Waals surface area (Å²) in [7, 11) is 0. The standard InChI is InChI=1S/C13H13F5O2/c1-8(20-6-2-5-13(16,17)18)12(19)10-4-3-9(14)7-11(10)15/h3-4,7-8H,2,5-6H2,1H3. The number of benzene rings is 1. The molecular formula is C13H13F5O2. The quantitative estimate of drug-likeness (QED) is 0.452. The molecule has 0 radical (unpaired) electrons. The van der Waals surface area contributed by atoms with Crippen LogP contribution in [0.1, 0.15) is 30.1 Å². The van der Waals surface area contributed by atoms with Gasteiger partial charge >= 0.3 is 6.18 Å². The molecule has 0 aliphatic carbocycles. The first kappa shape index (κ1) is 16.6. The van der Waals surface area contributed by atoms with Gasteiger partial charge in [0.25, 0.3) is 0 Å². The van der Waals surface area contributed by atoms with Gasteiger partial charge in [-0.3, -0.25) is 4.79 Å². The Morgan fingerprint density at radius 3 is 2.50 bits per heavy atom. The number of Topliss-reactive ketones (excluding diaryl/α,β-unsaturated/α-hetero) is 1. The van der Waals surface area contributed by atoms with Crippen LogP contribution in [0.5, 0.6) is 0 Å². The molecule has 1 atom stereocenters. The molecule has 0 aromatic heterocycles. The SMILES string of the molecule is CC(OCCCC(F)(F)F)C(=O)c1ccc(F)cc1F. The molecule has 2 nitrogen and oxygen atoms in total. The third kappa shape index (κ3) is 5.24. The first-order valence-electron chi connectivity index (χ1n) is 5.88. The van der Waals surface area contributed by atoms with Crippen LogP contribution in [-0.4, -0.2) is 24.7 Å². The Bertz CT molecular complexity index is 470. The third-order valence-corrected chi connectivity index (χ3v) is 2.54. The minimum absolute atomic E-state index is 0.269. The average molecular weight is 296 g/mol. The van der Waals surface area contributed by atoms with Crippen LogP contribution in [0.4, 0.5) is 22.0 Å². The van der Waals surface area contributed by atoms with Crippen LogP contribution in [0.25, 0.3) is 0 Å². The highest BCUT2D eigenvalue weighted by Crippen LogP contribution is 2.21. The molecule has 0 spiro atoms. The maximum absolute atomic E-state index is 13.3. The molecule has 0 bridgehead atoms. The van der Waals surface area contributed by atoms with Gasteiger partial charge in [0.15, 0.2) is 5.78 Å². The first-order chi connectivity index (χ1) is 9.20. The lowest BCUT2D eigenvalue weighted by atomic mass is 10.1. The Labute approximate surface area is 112 Å². The predicted octanol–water partition coefficient (Wildman–Crippen LogP) is 3.90. The summed E-state index contributed by atoms with van der Waals surface area (Å²) in [6.45, 7) is 1.04. The van der Waals surface area contributed by atoms with Crippen molar-refractivity contribution >= 4 is 5.78 Å². The van der Waals surface area contributed by atoms with Crippen molar-refractivity contribution in [3.8, 4) is 0 Å². The summed E-state index contributed by atoms with van der Waals surface area (Å²) in [5, 5.41) is 0. The second kappa shape index (κ2) is 6.78. The van der Waals surface area contributed by atoms with Gasteiger partial charge in [0.1, 0.15) is 17.7 Å². The molecule has 112 valence electrons. The number of halogens is 5. The van der Waals surface area contributed by atoms with E-state index in [1.807, 2.05) is 0 Å². The van der Waals surface area contributed by atoms with Gasteiger partial charge in [-0.1, -0.05) is 0 Å². The zero-order chi connectivity index (χ0) is 15.3. The lowest BCUT2D eigenvalue weighted by molar-refractivity contribution is -0.138. The van der Waals surface area contributed by atoms with Crippen molar-refractivity contribution in [1.82, 2.24) is 0 Å².